The van der Waals surface area contributed by atoms with E-state index in [1.54, 1.807) is 17.0 Å². The molecule has 2 aromatic rings. The lowest BCUT2D eigenvalue weighted by molar-refractivity contribution is -0.274. The number of sulfonamides is 1. The van der Waals surface area contributed by atoms with E-state index in [1.807, 2.05) is 0 Å². The van der Waals surface area contributed by atoms with Gasteiger partial charge in [-0.05, 0) is 73.7 Å². The maximum absolute atomic E-state index is 13.4. The molecule has 12 heteroatoms. The first-order valence-electron chi connectivity index (χ1n) is 11.5. The fourth-order valence-electron chi connectivity index (χ4n) is 4.57. The first-order valence-corrected chi connectivity index (χ1v) is 13.0. The average molecular weight is 526 g/mol. The summed E-state index contributed by atoms with van der Waals surface area (Å²) in [6, 6.07) is 9.50. The summed E-state index contributed by atoms with van der Waals surface area (Å²) >= 11 is 0. The number of nitrogens with one attached hydrogen (secondary N) is 1. The molecule has 2 heterocycles. The van der Waals surface area contributed by atoms with Crippen molar-refractivity contribution in [3.8, 4) is 5.75 Å². The van der Waals surface area contributed by atoms with E-state index in [4.69, 9.17) is 0 Å². The van der Waals surface area contributed by atoms with Gasteiger partial charge < -0.3 is 15.0 Å². The van der Waals surface area contributed by atoms with Crippen LogP contribution >= 0.6 is 0 Å². The summed E-state index contributed by atoms with van der Waals surface area (Å²) in [5.41, 5.74) is 1.79. The molecule has 0 unspecified atom stereocenters. The number of carbonyl (C=O) groups excluding carboxylic acids is 2. The fourth-order valence-corrected chi connectivity index (χ4v) is 6.14. The van der Waals surface area contributed by atoms with E-state index in [9.17, 15) is 31.2 Å². The molecular formula is C24H26F3N3O5S. The third kappa shape index (κ3) is 5.81. The normalized spacial score (nSPS) is 18.9. The van der Waals surface area contributed by atoms with Crippen LogP contribution in [0.1, 0.15) is 31.7 Å². The van der Waals surface area contributed by atoms with Gasteiger partial charge in [0, 0.05) is 37.9 Å². The number of hydrogen-bond acceptors (Lipinski definition) is 5. The number of fused-ring (bicyclic) bond motifs is 1. The van der Waals surface area contributed by atoms with Crippen molar-refractivity contribution < 1.29 is 35.9 Å². The van der Waals surface area contributed by atoms with Gasteiger partial charge in [-0.2, -0.15) is 4.31 Å². The third-order valence-corrected chi connectivity index (χ3v) is 8.16. The van der Waals surface area contributed by atoms with Crippen molar-refractivity contribution in [1.82, 2.24) is 4.31 Å². The van der Waals surface area contributed by atoms with Crippen LogP contribution in [0, 0.1) is 5.92 Å². The molecule has 0 aromatic heterocycles. The molecule has 1 fully saturated rings. The van der Waals surface area contributed by atoms with Crippen LogP contribution < -0.4 is 15.0 Å². The molecule has 1 N–H and O–H groups in total. The van der Waals surface area contributed by atoms with Crippen molar-refractivity contribution in [2.75, 3.05) is 29.9 Å². The molecule has 8 nitrogen and oxygen atoms in total. The van der Waals surface area contributed by atoms with Crippen LogP contribution in [0.3, 0.4) is 0 Å². The van der Waals surface area contributed by atoms with Crippen LogP contribution in [-0.4, -0.2) is 50.5 Å². The molecule has 2 amide bonds. The Bertz CT molecular complexity index is 1250. The molecule has 36 heavy (non-hydrogen) atoms. The minimum Gasteiger partial charge on any atom is -0.406 e. The Balaban J connectivity index is 1.44. The van der Waals surface area contributed by atoms with Crippen LogP contribution in [0.15, 0.2) is 47.4 Å². The predicted octanol–water partition coefficient (Wildman–Crippen LogP) is 3.92. The second-order valence-electron chi connectivity index (χ2n) is 8.83. The van der Waals surface area contributed by atoms with Crippen LogP contribution in [0.25, 0.3) is 0 Å². The number of rotatable bonds is 5. The predicted molar refractivity (Wildman–Crippen MR) is 126 cm³/mol. The number of piperidine rings is 1. The summed E-state index contributed by atoms with van der Waals surface area (Å²) in [5, 5.41) is 2.64. The van der Waals surface area contributed by atoms with Crippen LogP contribution in [-0.2, 0) is 26.0 Å². The quantitative estimate of drug-likeness (QED) is 0.639. The topological polar surface area (TPSA) is 96.0 Å². The van der Waals surface area contributed by atoms with Gasteiger partial charge in [-0.1, -0.05) is 0 Å². The lowest BCUT2D eigenvalue weighted by atomic mass is 9.98. The van der Waals surface area contributed by atoms with E-state index in [0.29, 0.717) is 25.8 Å². The van der Waals surface area contributed by atoms with Gasteiger partial charge in [-0.15, -0.1) is 13.2 Å². The van der Waals surface area contributed by atoms with E-state index >= 15 is 0 Å². The molecule has 0 saturated carbocycles. The highest BCUT2D eigenvalue weighted by molar-refractivity contribution is 7.89. The van der Waals surface area contributed by atoms with Crippen molar-refractivity contribution >= 4 is 33.2 Å². The van der Waals surface area contributed by atoms with Gasteiger partial charge in [0.05, 0.1) is 10.8 Å². The number of hydrogen-bond donors (Lipinski definition) is 1. The van der Waals surface area contributed by atoms with Crippen molar-refractivity contribution in [1.29, 1.82) is 0 Å². The number of nitrogens with zero attached hydrogens (tertiary/aromatic N) is 2. The molecule has 2 aliphatic rings. The molecule has 0 aliphatic carbocycles. The highest BCUT2D eigenvalue weighted by Crippen LogP contribution is 2.32. The monoisotopic (exact) mass is 525 g/mol. The van der Waals surface area contributed by atoms with E-state index < -0.39 is 34.0 Å². The van der Waals surface area contributed by atoms with Gasteiger partial charge in [0.25, 0.3) is 0 Å². The number of carbonyl (C=O) groups is 2. The zero-order valence-corrected chi connectivity index (χ0v) is 20.4. The summed E-state index contributed by atoms with van der Waals surface area (Å²) < 4.78 is 68.8. The van der Waals surface area contributed by atoms with E-state index in [-0.39, 0.29) is 29.6 Å². The van der Waals surface area contributed by atoms with Crippen molar-refractivity contribution in [3.63, 3.8) is 0 Å². The maximum atomic E-state index is 13.4. The van der Waals surface area contributed by atoms with Gasteiger partial charge >= 0.3 is 6.36 Å². The summed E-state index contributed by atoms with van der Waals surface area (Å²) in [6.45, 7) is 2.32. The largest absolute Gasteiger partial charge is 0.573 e. The zero-order valence-electron chi connectivity index (χ0n) is 19.5. The summed E-state index contributed by atoms with van der Waals surface area (Å²) in [6.07, 6.45) is -2.44. The molecule has 0 radical (unpaired) electrons. The lowest BCUT2D eigenvalue weighted by Crippen LogP contribution is -2.43. The molecule has 194 valence electrons. The smallest absolute Gasteiger partial charge is 0.406 e. The van der Waals surface area contributed by atoms with Crippen molar-refractivity contribution in [2.45, 2.75) is 43.9 Å². The van der Waals surface area contributed by atoms with Gasteiger partial charge in [0.2, 0.25) is 21.8 Å². The van der Waals surface area contributed by atoms with E-state index in [1.165, 1.54) is 29.4 Å². The second-order valence-corrected chi connectivity index (χ2v) is 10.8. The third-order valence-electron chi connectivity index (χ3n) is 6.30. The number of alkyl halides is 3. The molecule has 2 aliphatic heterocycles. The minimum atomic E-state index is -4.81. The lowest BCUT2D eigenvalue weighted by Gasteiger charge is -2.32. The SMILES string of the molecule is CC(=O)N1CCCc2cc(S(=O)(=O)N3CCC[C@H](C(=O)Nc4ccc(OC(F)(F)F)cc4)C3)ccc21. The summed E-state index contributed by atoms with van der Waals surface area (Å²) in [7, 11) is -3.87. The average Bonchev–Trinajstić information content (AvgIpc) is 2.83. The molecule has 2 aromatic carbocycles. The Morgan fingerprint density at radius 2 is 1.78 bits per heavy atom. The number of amides is 2. The minimum absolute atomic E-state index is 0.0138. The van der Waals surface area contributed by atoms with Crippen LogP contribution in [0.4, 0.5) is 24.5 Å². The van der Waals surface area contributed by atoms with Gasteiger partial charge in [-0.25, -0.2) is 8.42 Å². The fraction of sp³-hybridized carbons (Fsp3) is 0.417. The summed E-state index contributed by atoms with van der Waals surface area (Å²) in [5.74, 6) is -1.54. The number of anilines is 2. The van der Waals surface area contributed by atoms with Crippen LogP contribution in [0.2, 0.25) is 0 Å². The van der Waals surface area contributed by atoms with Crippen molar-refractivity contribution in [2.24, 2.45) is 5.92 Å². The van der Waals surface area contributed by atoms with Gasteiger partial charge in [-0.3, -0.25) is 9.59 Å². The standard InChI is InChI=1S/C24H26F3N3O5S/c1-16(31)30-13-3-4-17-14-21(10-11-22(17)30)36(33,34)29-12-2-5-18(15-29)23(32)28-19-6-8-20(9-7-19)35-24(25,26)27/h6-11,14,18H,2-5,12-13,15H2,1H3,(H,28,32)/t18-/m0/s1. The molecule has 0 bridgehead atoms. The van der Waals surface area contributed by atoms with Gasteiger partial charge in [0.15, 0.2) is 0 Å². The van der Waals surface area contributed by atoms with Crippen molar-refractivity contribution in [3.05, 3.63) is 48.0 Å². The Morgan fingerprint density at radius 3 is 2.44 bits per heavy atom. The molecule has 4 rings (SSSR count). The zero-order chi connectivity index (χ0) is 26.1. The Kier molecular flexibility index (Phi) is 7.28. The number of ether oxygens (including phenoxy) is 1. The molecule has 1 saturated heterocycles. The maximum Gasteiger partial charge on any atom is 0.573 e. The van der Waals surface area contributed by atoms with Crippen LogP contribution in [0.5, 0.6) is 5.75 Å². The molecular weight excluding hydrogens is 499 g/mol. The highest BCUT2D eigenvalue weighted by atomic mass is 32.2. The molecule has 1 atom stereocenters. The number of aryl methyl sites for hydroxylation is 1. The Morgan fingerprint density at radius 1 is 1.06 bits per heavy atom. The second kappa shape index (κ2) is 10.1. The van der Waals surface area contributed by atoms with E-state index in [2.05, 4.69) is 10.1 Å². The Labute approximate surface area is 207 Å². The first kappa shape index (κ1) is 26.0. The number of benzene rings is 2. The number of halogens is 3. The van der Waals surface area contributed by atoms with Gasteiger partial charge in [0.1, 0.15) is 5.75 Å². The molecule has 0 spiro atoms. The summed E-state index contributed by atoms with van der Waals surface area (Å²) in [4.78, 5) is 26.5. The highest BCUT2D eigenvalue weighted by Gasteiger charge is 2.34. The Hall–Kier alpha value is -3.12. The first-order chi connectivity index (χ1) is 16.9. The van der Waals surface area contributed by atoms with E-state index in [0.717, 1.165) is 29.8 Å².